The molecular formula is C19H16N4O3. The third-order valence-corrected chi connectivity index (χ3v) is 4.22. The van der Waals surface area contributed by atoms with E-state index in [0.29, 0.717) is 5.84 Å². The van der Waals surface area contributed by atoms with E-state index < -0.39 is 12.0 Å². The van der Waals surface area contributed by atoms with Crippen LogP contribution in [0.25, 0.3) is 0 Å². The molecule has 26 heavy (non-hydrogen) atoms. The number of aliphatic imine (C=N–C) groups is 1. The summed E-state index contributed by atoms with van der Waals surface area (Å²) in [6.45, 7) is 0.173. The van der Waals surface area contributed by atoms with Crippen LogP contribution in [0.1, 0.15) is 17.5 Å². The van der Waals surface area contributed by atoms with E-state index in [0.717, 1.165) is 16.8 Å². The number of hydrazone groups is 1. The normalized spacial score (nSPS) is 17.7. The molecule has 1 amide bonds. The lowest BCUT2D eigenvalue weighted by Crippen LogP contribution is -2.54. The lowest BCUT2D eigenvalue weighted by Gasteiger charge is -2.34. The van der Waals surface area contributed by atoms with Gasteiger partial charge < -0.3 is 9.64 Å². The number of carbonyl (C=O) groups is 2. The number of hydrogen-bond donors (Lipinski definition) is 1. The van der Waals surface area contributed by atoms with Crippen LogP contribution in [-0.4, -0.2) is 35.0 Å². The molecule has 1 N–H and O–H groups in total. The minimum absolute atomic E-state index is 0.0914. The summed E-state index contributed by atoms with van der Waals surface area (Å²) in [6.07, 6.45) is 1.45. The Labute approximate surface area is 150 Å². The number of carbonyl (C=O) groups excluding carboxylic acids is 2. The fourth-order valence-corrected chi connectivity index (χ4v) is 2.89. The fraction of sp³-hybridized carbons (Fsp3) is 0.158. The van der Waals surface area contributed by atoms with Gasteiger partial charge in [-0.15, -0.1) is 0 Å². The second-order valence-electron chi connectivity index (χ2n) is 5.95. The average Bonchev–Trinajstić information content (AvgIpc) is 2.69. The van der Waals surface area contributed by atoms with Crippen molar-refractivity contribution in [3.63, 3.8) is 0 Å². The number of rotatable bonds is 4. The molecule has 0 spiro atoms. The van der Waals surface area contributed by atoms with Crippen LogP contribution in [0.15, 0.2) is 64.7 Å². The van der Waals surface area contributed by atoms with Gasteiger partial charge in [0.15, 0.2) is 5.84 Å². The molecule has 0 saturated carbocycles. The summed E-state index contributed by atoms with van der Waals surface area (Å²) in [7, 11) is 0. The van der Waals surface area contributed by atoms with Gasteiger partial charge in [0.1, 0.15) is 12.6 Å². The summed E-state index contributed by atoms with van der Waals surface area (Å²) in [5.74, 6) is -0.255. The Balaban J connectivity index is 1.48. The topological polar surface area (TPSA) is 83.4 Å². The molecule has 0 radical (unpaired) electrons. The lowest BCUT2D eigenvalue weighted by molar-refractivity contribution is -0.147. The molecular weight excluding hydrogens is 332 g/mol. The van der Waals surface area contributed by atoms with Crippen molar-refractivity contribution in [2.45, 2.75) is 19.1 Å². The summed E-state index contributed by atoms with van der Waals surface area (Å²) in [4.78, 5) is 30.4. The first-order chi connectivity index (χ1) is 12.7. The molecule has 0 aliphatic carbocycles. The minimum Gasteiger partial charge on any atom is -0.461 e. The highest BCUT2D eigenvalue weighted by Gasteiger charge is 2.36. The Morgan fingerprint density at radius 3 is 2.73 bits per heavy atom. The highest BCUT2D eigenvalue weighted by atomic mass is 16.5. The Kier molecular flexibility index (Phi) is 4.18. The number of para-hydroxylation sites is 1. The number of ether oxygens (including phenoxy) is 1. The van der Waals surface area contributed by atoms with Crippen molar-refractivity contribution in [3.8, 4) is 0 Å². The van der Waals surface area contributed by atoms with Gasteiger partial charge in [-0.25, -0.2) is 10.4 Å². The molecule has 2 heterocycles. The number of fused-ring (bicyclic) bond motifs is 3. The van der Waals surface area contributed by atoms with Gasteiger partial charge >= 0.3 is 5.97 Å². The molecule has 0 aromatic heterocycles. The highest BCUT2D eigenvalue weighted by Crippen LogP contribution is 2.27. The van der Waals surface area contributed by atoms with Crippen molar-refractivity contribution in [1.29, 1.82) is 0 Å². The maximum Gasteiger partial charge on any atom is 0.308 e. The van der Waals surface area contributed by atoms with Gasteiger partial charge in [-0.05, 0) is 17.7 Å². The third kappa shape index (κ3) is 3.06. The fourth-order valence-electron chi connectivity index (χ4n) is 2.89. The second kappa shape index (κ2) is 6.79. The quantitative estimate of drug-likeness (QED) is 0.856. The third-order valence-electron chi connectivity index (χ3n) is 4.22. The number of nitrogens with zero attached hydrogens (tertiary/aromatic N) is 3. The number of benzene rings is 2. The Morgan fingerprint density at radius 1 is 1.12 bits per heavy atom. The summed E-state index contributed by atoms with van der Waals surface area (Å²) >= 11 is 0. The molecule has 2 aliphatic heterocycles. The van der Waals surface area contributed by atoms with E-state index in [4.69, 9.17) is 4.74 Å². The van der Waals surface area contributed by atoms with E-state index in [1.54, 1.807) is 4.90 Å². The van der Waals surface area contributed by atoms with Crippen molar-refractivity contribution in [3.05, 3.63) is 65.7 Å². The number of amides is 1. The molecule has 2 aromatic rings. The zero-order valence-corrected chi connectivity index (χ0v) is 13.8. The molecule has 7 nitrogen and oxygen atoms in total. The van der Waals surface area contributed by atoms with Crippen LogP contribution >= 0.6 is 0 Å². The summed E-state index contributed by atoms with van der Waals surface area (Å²) < 4.78 is 5.30. The second-order valence-corrected chi connectivity index (χ2v) is 5.95. The van der Waals surface area contributed by atoms with E-state index in [-0.39, 0.29) is 18.9 Å². The Morgan fingerprint density at radius 2 is 1.88 bits per heavy atom. The minimum atomic E-state index is -0.747. The van der Waals surface area contributed by atoms with E-state index in [9.17, 15) is 9.59 Å². The standard InChI is InChI=1S/C19H16N4O3/c24-17(26-11-13-6-2-1-3-7-13)10-16-19(25)22-21-18-14-8-4-5-9-15(14)20-12-23(16)18/h1-9,12,16H,10-11H2,(H,22,25). The van der Waals surface area contributed by atoms with Crippen LogP contribution in [0.2, 0.25) is 0 Å². The van der Waals surface area contributed by atoms with Crippen LogP contribution in [0, 0.1) is 0 Å². The zero-order chi connectivity index (χ0) is 17.9. The van der Waals surface area contributed by atoms with Gasteiger partial charge in [0.25, 0.3) is 5.91 Å². The molecule has 1 unspecified atom stereocenters. The smallest absolute Gasteiger partial charge is 0.308 e. The number of nitrogens with one attached hydrogen (secondary N) is 1. The Bertz CT molecular complexity index is 908. The van der Waals surface area contributed by atoms with Crippen molar-refractivity contribution in [2.75, 3.05) is 0 Å². The maximum atomic E-state index is 12.2. The summed E-state index contributed by atoms with van der Waals surface area (Å²) in [5, 5.41) is 4.12. The van der Waals surface area contributed by atoms with Crippen molar-refractivity contribution in [2.24, 2.45) is 10.1 Å². The molecule has 1 atom stereocenters. The first-order valence-electron chi connectivity index (χ1n) is 8.21. The first-order valence-corrected chi connectivity index (χ1v) is 8.21. The molecule has 7 heteroatoms. The van der Waals surface area contributed by atoms with Gasteiger partial charge in [-0.1, -0.05) is 42.5 Å². The lowest BCUT2D eigenvalue weighted by atomic mass is 10.1. The van der Waals surface area contributed by atoms with Gasteiger partial charge in [0, 0.05) is 5.56 Å². The van der Waals surface area contributed by atoms with Gasteiger partial charge in [-0.3, -0.25) is 9.59 Å². The summed E-state index contributed by atoms with van der Waals surface area (Å²) in [5.41, 5.74) is 4.95. The molecule has 0 fully saturated rings. The van der Waals surface area contributed by atoms with Gasteiger partial charge in [0.2, 0.25) is 0 Å². The van der Waals surface area contributed by atoms with Crippen LogP contribution in [0.5, 0.6) is 0 Å². The largest absolute Gasteiger partial charge is 0.461 e. The van der Waals surface area contributed by atoms with Crippen LogP contribution in [-0.2, 0) is 20.9 Å². The van der Waals surface area contributed by atoms with E-state index in [1.165, 1.54) is 6.34 Å². The number of hydrogen-bond acceptors (Lipinski definition) is 6. The van der Waals surface area contributed by atoms with Gasteiger partial charge in [-0.2, -0.15) is 5.10 Å². The number of amidine groups is 1. The van der Waals surface area contributed by atoms with Crippen molar-refractivity contribution in [1.82, 2.24) is 10.3 Å². The molecule has 4 rings (SSSR count). The predicted octanol–water partition coefficient (Wildman–Crippen LogP) is 1.96. The Hall–Kier alpha value is -3.48. The molecule has 2 aliphatic rings. The SMILES string of the molecule is O=C(CC1C(=O)NN=C2c3ccccc3N=CN21)OCc1ccccc1. The first kappa shape index (κ1) is 16.0. The molecule has 0 saturated heterocycles. The van der Waals surface area contributed by atoms with E-state index >= 15 is 0 Å². The molecule has 130 valence electrons. The predicted molar refractivity (Wildman–Crippen MR) is 95.8 cm³/mol. The highest BCUT2D eigenvalue weighted by molar-refractivity contribution is 6.14. The van der Waals surface area contributed by atoms with Crippen LogP contribution in [0.4, 0.5) is 5.69 Å². The molecule has 0 bridgehead atoms. The van der Waals surface area contributed by atoms with E-state index in [1.807, 2.05) is 54.6 Å². The average molecular weight is 348 g/mol. The van der Waals surface area contributed by atoms with E-state index in [2.05, 4.69) is 15.5 Å². The monoisotopic (exact) mass is 348 g/mol. The molecule has 2 aromatic carbocycles. The van der Waals surface area contributed by atoms with Crippen LogP contribution < -0.4 is 5.43 Å². The summed E-state index contributed by atoms with van der Waals surface area (Å²) in [6, 6.07) is 16.1. The van der Waals surface area contributed by atoms with Crippen molar-refractivity contribution >= 4 is 29.7 Å². The van der Waals surface area contributed by atoms with Gasteiger partial charge in [0.05, 0.1) is 18.4 Å². The zero-order valence-electron chi connectivity index (χ0n) is 13.8. The van der Waals surface area contributed by atoms with Crippen molar-refractivity contribution < 1.29 is 14.3 Å². The van der Waals surface area contributed by atoms with Crippen LogP contribution in [0.3, 0.4) is 0 Å². The number of esters is 1. The maximum absolute atomic E-state index is 12.2.